The molecule has 0 aliphatic heterocycles. The second kappa shape index (κ2) is 11.5. The Morgan fingerprint density at radius 2 is 1.63 bits per heavy atom. The Labute approximate surface area is 158 Å². The SMILES string of the molecule is CC(C)CC(NC(=O)CNC(=O)CNC(=O)OCc1ccccc1)C(N)=O. The molecule has 1 rings (SSSR count). The highest BCUT2D eigenvalue weighted by Gasteiger charge is 2.19. The third-order valence-corrected chi connectivity index (χ3v) is 3.44. The standard InChI is InChI=1S/C18H26N4O5/c1-12(2)8-14(17(19)25)22-16(24)10-20-15(23)9-21-18(26)27-11-13-6-4-3-5-7-13/h3-7,12,14H,8-11H2,1-2H3,(H2,19,25)(H,20,23)(H,21,26)(H,22,24). The van der Waals surface area contributed by atoms with Crippen molar-refractivity contribution in [1.82, 2.24) is 16.0 Å². The smallest absolute Gasteiger partial charge is 0.407 e. The largest absolute Gasteiger partial charge is 0.445 e. The minimum Gasteiger partial charge on any atom is -0.445 e. The number of hydrogen-bond acceptors (Lipinski definition) is 5. The molecule has 27 heavy (non-hydrogen) atoms. The Morgan fingerprint density at radius 3 is 2.22 bits per heavy atom. The molecule has 1 aromatic rings. The average molecular weight is 378 g/mol. The van der Waals surface area contributed by atoms with E-state index in [-0.39, 0.29) is 25.6 Å². The Kier molecular flexibility index (Phi) is 9.35. The van der Waals surface area contributed by atoms with Gasteiger partial charge < -0.3 is 26.4 Å². The fraction of sp³-hybridized carbons (Fsp3) is 0.444. The number of nitrogens with one attached hydrogen (secondary N) is 3. The fourth-order valence-electron chi connectivity index (χ4n) is 2.13. The summed E-state index contributed by atoms with van der Waals surface area (Å²) in [6.45, 7) is 3.20. The molecule has 0 aliphatic rings. The maximum Gasteiger partial charge on any atom is 0.407 e. The van der Waals surface area contributed by atoms with Gasteiger partial charge in [0, 0.05) is 0 Å². The Bertz CT molecular complexity index is 648. The maximum atomic E-state index is 11.8. The molecule has 1 aromatic carbocycles. The predicted molar refractivity (Wildman–Crippen MR) is 98.2 cm³/mol. The van der Waals surface area contributed by atoms with Crippen LogP contribution in [0.3, 0.4) is 0 Å². The Balaban J connectivity index is 2.24. The van der Waals surface area contributed by atoms with Crippen molar-refractivity contribution in [2.24, 2.45) is 11.7 Å². The first kappa shape index (κ1) is 21.9. The van der Waals surface area contributed by atoms with Gasteiger partial charge in [-0.1, -0.05) is 44.2 Å². The fourth-order valence-corrected chi connectivity index (χ4v) is 2.13. The van der Waals surface area contributed by atoms with Crippen molar-refractivity contribution in [2.45, 2.75) is 32.9 Å². The van der Waals surface area contributed by atoms with E-state index in [1.807, 2.05) is 32.0 Å². The highest BCUT2D eigenvalue weighted by Crippen LogP contribution is 2.04. The number of amides is 4. The lowest BCUT2D eigenvalue weighted by Gasteiger charge is -2.17. The number of carbonyl (C=O) groups excluding carboxylic acids is 4. The lowest BCUT2D eigenvalue weighted by molar-refractivity contribution is -0.128. The van der Waals surface area contributed by atoms with Gasteiger partial charge in [-0.2, -0.15) is 0 Å². The molecule has 5 N–H and O–H groups in total. The van der Waals surface area contributed by atoms with E-state index in [1.165, 1.54) is 0 Å². The molecule has 0 saturated carbocycles. The van der Waals surface area contributed by atoms with Gasteiger partial charge in [0.2, 0.25) is 17.7 Å². The van der Waals surface area contributed by atoms with Crippen LogP contribution >= 0.6 is 0 Å². The zero-order chi connectivity index (χ0) is 20.2. The second-order valence-electron chi connectivity index (χ2n) is 6.34. The molecular formula is C18H26N4O5. The van der Waals surface area contributed by atoms with E-state index in [4.69, 9.17) is 10.5 Å². The molecule has 0 bridgehead atoms. The van der Waals surface area contributed by atoms with Crippen molar-refractivity contribution in [3.05, 3.63) is 35.9 Å². The van der Waals surface area contributed by atoms with Crippen LogP contribution in [0.4, 0.5) is 4.79 Å². The number of primary amides is 1. The normalized spacial score (nSPS) is 11.4. The molecule has 1 unspecified atom stereocenters. The first-order valence-electron chi connectivity index (χ1n) is 8.57. The summed E-state index contributed by atoms with van der Waals surface area (Å²) >= 11 is 0. The number of alkyl carbamates (subject to hydrolysis) is 1. The highest BCUT2D eigenvalue weighted by molar-refractivity contribution is 5.90. The summed E-state index contributed by atoms with van der Waals surface area (Å²) in [5, 5.41) is 7.08. The lowest BCUT2D eigenvalue weighted by Crippen LogP contribution is -2.49. The molecule has 0 fully saturated rings. The molecule has 0 radical (unpaired) electrons. The maximum absolute atomic E-state index is 11.8. The summed E-state index contributed by atoms with van der Waals surface area (Å²) in [4.78, 5) is 46.3. The quantitative estimate of drug-likeness (QED) is 0.455. The molecule has 1 atom stereocenters. The van der Waals surface area contributed by atoms with E-state index in [1.54, 1.807) is 12.1 Å². The topological polar surface area (TPSA) is 140 Å². The van der Waals surface area contributed by atoms with Crippen LogP contribution in [0.1, 0.15) is 25.8 Å². The molecule has 0 heterocycles. The zero-order valence-corrected chi connectivity index (χ0v) is 15.5. The van der Waals surface area contributed by atoms with Crippen LogP contribution in [-0.2, 0) is 25.7 Å². The van der Waals surface area contributed by atoms with E-state index in [9.17, 15) is 19.2 Å². The summed E-state index contributed by atoms with van der Waals surface area (Å²) in [7, 11) is 0. The first-order valence-corrected chi connectivity index (χ1v) is 8.57. The van der Waals surface area contributed by atoms with Crippen molar-refractivity contribution < 1.29 is 23.9 Å². The van der Waals surface area contributed by atoms with Crippen LogP contribution in [0.2, 0.25) is 0 Å². The van der Waals surface area contributed by atoms with Crippen LogP contribution in [0.15, 0.2) is 30.3 Å². The van der Waals surface area contributed by atoms with E-state index in [2.05, 4.69) is 16.0 Å². The number of rotatable bonds is 10. The molecular weight excluding hydrogens is 352 g/mol. The van der Waals surface area contributed by atoms with Crippen molar-refractivity contribution >= 4 is 23.8 Å². The van der Waals surface area contributed by atoms with Gasteiger partial charge in [-0.3, -0.25) is 14.4 Å². The van der Waals surface area contributed by atoms with Gasteiger partial charge in [-0.25, -0.2) is 4.79 Å². The lowest BCUT2D eigenvalue weighted by atomic mass is 10.0. The van der Waals surface area contributed by atoms with Crippen molar-refractivity contribution in [1.29, 1.82) is 0 Å². The van der Waals surface area contributed by atoms with Gasteiger partial charge in [0.15, 0.2) is 0 Å². The van der Waals surface area contributed by atoms with Crippen molar-refractivity contribution in [3.63, 3.8) is 0 Å². The summed E-state index contributed by atoms with van der Waals surface area (Å²) in [5.74, 6) is -1.57. The third-order valence-electron chi connectivity index (χ3n) is 3.44. The summed E-state index contributed by atoms with van der Waals surface area (Å²) in [6, 6.07) is 8.30. The monoisotopic (exact) mass is 378 g/mol. The van der Waals surface area contributed by atoms with Crippen LogP contribution in [0, 0.1) is 5.92 Å². The van der Waals surface area contributed by atoms with E-state index >= 15 is 0 Å². The zero-order valence-electron chi connectivity index (χ0n) is 15.5. The molecule has 148 valence electrons. The molecule has 0 aliphatic carbocycles. The summed E-state index contributed by atoms with van der Waals surface area (Å²) in [5.41, 5.74) is 6.06. The molecule has 0 saturated heterocycles. The Morgan fingerprint density at radius 1 is 1.00 bits per heavy atom. The van der Waals surface area contributed by atoms with Crippen molar-refractivity contribution in [2.75, 3.05) is 13.1 Å². The van der Waals surface area contributed by atoms with Crippen LogP contribution in [0.5, 0.6) is 0 Å². The molecule has 0 aromatic heterocycles. The van der Waals surface area contributed by atoms with Crippen molar-refractivity contribution in [3.8, 4) is 0 Å². The van der Waals surface area contributed by atoms with Crippen LogP contribution < -0.4 is 21.7 Å². The Hall–Kier alpha value is -3.10. The molecule has 4 amide bonds. The number of nitrogens with two attached hydrogens (primary N) is 1. The van der Waals surface area contributed by atoms with E-state index < -0.39 is 29.9 Å². The van der Waals surface area contributed by atoms with E-state index in [0.29, 0.717) is 6.42 Å². The molecule has 9 nitrogen and oxygen atoms in total. The van der Waals surface area contributed by atoms with E-state index in [0.717, 1.165) is 5.56 Å². The molecule has 9 heteroatoms. The third kappa shape index (κ3) is 9.83. The highest BCUT2D eigenvalue weighted by atomic mass is 16.5. The van der Waals surface area contributed by atoms with Gasteiger partial charge >= 0.3 is 6.09 Å². The number of ether oxygens (including phenoxy) is 1. The average Bonchev–Trinajstić information content (AvgIpc) is 2.62. The van der Waals surface area contributed by atoms with Gasteiger partial charge in [-0.15, -0.1) is 0 Å². The molecule has 0 spiro atoms. The first-order chi connectivity index (χ1) is 12.8. The minimum atomic E-state index is -0.791. The number of carbonyl (C=O) groups is 4. The minimum absolute atomic E-state index is 0.0844. The predicted octanol–water partition coefficient (Wildman–Crippen LogP) is 0.0452. The van der Waals surface area contributed by atoms with Crippen LogP contribution in [0.25, 0.3) is 0 Å². The summed E-state index contributed by atoms with van der Waals surface area (Å²) in [6.07, 6.45) is -0.340. The number of benzene rings is 1. The van der Waals surface area contributed by atoms with Crippen LogP contribution in [-0.4, -0.2) is 42.9 Å². The van der Waals surface area contributed by atoms with Gasteiger partial charge in [-0.05, 0) is 17.9 Å². The van der Waals surface area contributed by atoms with Gasteiger partial charge in [0.05, 0.1) is 6.54 Å². The number of hydrogen-bond donors (Lipinski definition) is 4. The summed E-state index contributed by atoms with van der Waals surface area (Å²) < 4.78 is 4.96. The second-order valence-corrected chi connectivity index (χ2v) is 6.34. The van der Waals surface area contributed by atoms with Gasteiger partial charge in [0.25, 0.3) is 0 Å². The van der Waals surface area contributed by atoms with Gasteiger partial charge in [0.1, 0.15) is 19.2 Å².